The molecule has 2 heterocycles. The van der Waals surface area contributed by atoms with Crippen LogP contribution in [0.4, 0.5) is 5.69 Å². The predicted octanol–water partition coefficient (Wildman–Crippen LogP) is 5.08. The number of amides is 2. The molecule has 0 aliphatic carbocycles. The van der Waals surface area contributed by atoms with Gasteiger partial charge in [-0.25, -0.2) is 0 Å². The molecule has 1 aromatic heterocycles. The first kappa shape index (κ1) is 24.3. The molecule has 3 aromatic rings. The van der Waals surface area contributed by atoms with Crippen LogP contribution in [-0.4, -0.2) is 46.2 Å². The average Bonchev–Trinajstić information content (AvgIpc) is 3.32. The highest BCUT2D eigenvalue weighted by molar-refractivity contribution is 7.10. The largest absolute Gasteiger partial charge is 0.330 e. The first-order chi connectivity index (χ1) is 16.8. The van der Waals surface area contributed by atoms with Gasteiger partial charge in [-0.3, -0.25) is 19.7 Å². The summed E-state index contributed by atoms with van der Waals surface area (Å²) in [6.45, 7) is 7.95. The van der Waals surface area contributed by atoms with E-state index in [-0.39, 0.29) is 36.3 Å². The summed E-state index contributed by atoms with van der Waals surface area (Å²) in [5.74, 6) is -0.617. The smallest absolute Gasteiger partial charge is 0.273 e. The lowest BCUT2D eigenvalue weighted by Gasteiger charge is -2.38. The second-order valence-corrected chi connectivity index (χ2v) is 9.63. The van der Waals surface area contributed by atoms with E-state index in [1.165, 1.54) is 15.8 Å². The lowest BCUT2D eigenvalue weighted by Crippen LogP contribution is -2.47. The Morgan fingerprint density at radius 2 is 1.94 bits per heavy atom. The van der Waals surface area contributed by atoms with Crippen molar-refractivity contribution in [2.24, 2.45) is 0 Å². The van der Waals surface area contributed by atoms with Crippen LogP contribution in [0.1, 0.15) is 43.5 Å². The summed E-state index contributed by atoms with van der Waals surface area (Å²) in [6.07, 6.45) is 2.32. The zero-order chi connectivity index (χ0) is 25.1. The van der Waals surface area contributed by atoms with E-state index >= 15 is 0 Å². The minimum absolute atomic E-state index is 0.124. The van der Waals surface area contributed by atoms with Crippen LogP contribution in [0, 0.1) is 24.0 Å². The Kier molecular flexibility index (Phi) is 7.12. The zero-order valence-corrected chi connectivity index (χ0v) is 20.6. The molecule has 180 valence electrons. The molecular formula is C27H27N3O4S. The third-order valence-electron chi connectivity index (χ3n) is 6.38. The van der Waals surface area contributed by atoms with Crippen molar-refractivity contribution in [1.29, 1.82) is 0 Å². The number of hydrogen-bond acceptors (Lipinski definition) is 5. The Bertz CT molecular complexity index is 1300. The lowest BCUT2D eigenvalue weighted by molar-refractivity contribution is -0.385. The summed E-state index contributed by atoms with van der Waals surface area (Å²) in [7, 11) is 0. The monoisotopic (exact) mass is 489 g/mol. The molecule has 4 rings (SSSR count). The molecule has 0 saturated carbocycles. The molecule has 1 unspecified atom stereocenters. The van der Waals surface area contributed by atoms with Gasteiger partial charge in [0.2, 0.25) is 5.91 Å². The van der Waals surface area contributed by atoms with Crippen molar-refractivity contribution in [2.75, 3.05) is 19.6 Å². The molecule has 0 N–H and O–H groups in total. The Labute approximate surface area is 208 Å². The van der Waals surface area contributed by atoms with Gasteiger partial charge in [0.05, 0.1) is 11.0 Å². The summed E-state index contributed by atoms with van der Waals surface area (Å²) < 4.78 is 0. The van der Waals surface area contributed by atoms with Crippen LogP contribution in [0.25, 0.3) is 0 Å². The van der Waals surface area contributed by atoms with Gasteiger partial charge in [-0.2, -0.15) is 0 Å². The molecule has 7 nitrogen and oxygen atoms in total. The second-order valence-electron chi connectivity index (χ2n) is 8.63. The maximum atomic E-state index is 13.7. The average molecular weight is 490 g/mol. The van der Waals surface area contributed by atoms with Crippen molar-refractivity contribution >= 4 is 28.8 Å². The molecule has 0 radical (unpaired) electrons. The van der Waals surface area contributed by atoms with Crippen molar-refractivity contribution in [3.63, 3.8) is 0 Å². The van der Waals surface area contributed by atoms with E-state index < -0.39 is 10.8 Å². The molecule has 8 heteroatoms. The molecular weight excluding hydrogens is 462 g/mol. The Balaban J connectivity index is 1.64. The van der Waals surface area contributed by atoms with Gasteiger partial charge in [-0.15, -0.1) is 17.9 Å². The molecule has 1 aliphatic heterocycles. The summed E-state index contributed by atoms with van der Waals surface area (Å²) >= 11 is 1.70. The van der Waals surface area contributed by atoms with Crippen LogP contribution < -0.4 is 0 Å². The zero-order valence-electron chi connectivity index (χ0n) is 19.8. The topological polar surface area (TPSA) is 83.8 Å². The third kappa shape index (κ3) is 4.88. The molecule has 1 aliphatic rings. The standard InChI is InChI=1S/C27H27N3O4S/c1-4-13-28(27(32)20-10-9-19(3)23(16-20)30(33)34)17-25(31)29-14-11-24-22(12-15-35-24)26(29)21-8-6-5-7-18(21)2/h4-10,12,15-16,26H,1,11,13-14,17H2,2-3H3. The maximum absolute atomic E-state index is 13.7. The van der Waals surface area contributed by atoms with E-state index in [0.29, 0.717) is 12.1 Å². The molecule has 0 spiro atoms. The number of thiophene rings is 1. The number of fused-ring (bicyclic) bond motifs is 1. The SMILES string of the molecule is C=CCN(CC(=O)N1CCc2sccc2C1c1ccccc1C)C(=O)c1ccc(C)c([N+](=O)[O-])c1. The quantitative estimate of drug-likeness (QED) is 0.263. The van der Waals surface area contributed by atoms with Gasteiger partial charge < -0.3 is 9.80 Å². The van der Waals surface area contributed by atoms with E-state index in [9.17, 15) is 19.7 Å². The normalized spacial score (nSPS) is 14.8. The third-order valence-corrected chi connectivity index (χ3v) is 7.38. The number of nitro groups is 1. The fourth-order valence-electron chi connectivity index (χ4n) is 4.56. The van der Waals surface area contributed by atoms with Crippen LogP contribution in [0.5, 0.6) is 0 Å². The van der Waals surface area contributed by atoms with Crippen molar-refractivity contribution < 1.29 is 14.5 Å². The van der Waals surface area contributed by atoms with E-state index in [1.807, 2.05) is 36.1 Å². The minimum atomic E-state index is -0.506. The second kappa shape index (κ2) is 10.2. The van der Waals surface area contributed by atoms with Crippen LogP contribution in [0.2, 0.25) is 0 Å². The fraction of sp³-hybridized carbons (Fsp3) is 0.259. The van der Waals surface area contributed by atoms with Crippen molar-refractivity contribution in [1.82, 2.24) is 9.80 Å². The van der Waals surface area contributed by atoms with Gasteiger partial charge >= 0.3 is 0 Å². The number of benzene rings is 2. The number of hydrogen-bond donors (Lipinski definition) is 0. The van der Waals surface area contributed by atoms with Crippen molar-refractivity contribution in [3.05, 3.63) is 109 Å². The number of rotatable bonds is 7. The maximum Gasteiger partial charge on any atom is 0.273 e. The van der Waals surface area contributed by atoms with Gasteiger partial charge in [0.1, 0.15) is 6.54 Å². The van der Waals surface area contributed by atoms with Crippen LogP contribution in [-0.2, 0) is 11.2 Å². The van der Waals surface area contributed by atoms with Gasteiger partial charge in [0.25, 0.3) is 11.6 Å². The van der Waals surface area contributed by atoms with E-state index in [1.54, 1.807) is 36.5 Å². The molecule has 2 amide bonds. The number of aryl methyl sites for hydroxylation is 2. The number of carbonyl (C=O) groups is 2. The van der Waals surface area contributed by atoms with E-state index in [0.717, 1.165) is 23.1 Å². The number of nitrogens with zero attached hydrogens (tertiary/aromatic N) is 3. The Morgan fingerprint density at radius 3 is 2.66 bits per heavy atom. The summed E-state index contributed by atoms with van der Waals surface area (Å²) in [6, 6.07) is 14.3. The Hall–Kier alpha value is -3.78. The van der Waals surface area contributed by atoms with Gasteiger partial charge in [-0.05, 0) is 54.5 Å². The van der Waals surface area contributed by atoms with Crippen LogP contribution in [0.3, 0.4) is 0 Å². The highest BCUT2D eigenvalue weighted by Gasteiger charge is 2.34. The van der Waals surface area contributed by atoms with Crippen LogP contribution in [0.15, 0.2) is 66.6 Å². The highest BCUT2D eigenvalue weighted by atomic mass is 32.1. The van der Waals surface area contributed by atoms with E-state index in [4.69, 9.17) is 0 Å². The predicted molar refractivity (Wildman–Crippen MR) is 137 cm³/mol. The van der Waals surface area contributed by atoms with Gasteiger partial charge in [0.15, 0.2) is 0 Å². The number of carbonyl (C=O) groups excluding carboxylic acids is 2. The summed E-state index contributed by atoms with van der Waals surface area (Å²) in [5, 5.41) is 13.4. The van der Waals surface area contributed by atoms with Gasteiger partial charge in [0, 0.05) is 35.2 Å². The fourth-order valence-corrected chi connectivity index (χ4v) is 5.47. The van der Waals surface area contributed by atoms with Crippen LogP contribution >= 0.6 is 11.3 Å². The minimum Gasteiger partial charge on any atom is -0.330 e. The number of nitro benzene ring substituents is 1. The first-order valence-corrected chi connectivity index (χ1v) is 12.3. The molecule has 1 atom stereocenters. The highest BCUT2D eigenvalue weighted by Crippen LogP contribution is 2.39. The molecule has 2 aromatic carbocycles. The first-order valence-electron chi connectivity index (χ1n) is 11.4. The molecule has 0 bridgehead atoms. The van der Waals surface area contributed by atoms with Gasteiger partial charge in [-0.1, -0.05) is 36.4 Å². The van der Waals surface area contributed by atoms with Crippen molar-refractivity contribution in [2.45, 2.75) is 26.3 Å². The molecule has 35 heavy (non-hydrogen) atoms. The Morgan fingerprint density at radius 1 is 1.17 bits per heavy atom. The van der Waals surface area contributed by atoms with Crippen molar-refractivity contribution in [3.8, 4) is 0 Å². The lowest BCUT2D eigenvalue weighted by atomic mass is 9.90. The summed E-state index contributed by atoms with van der Waals surface area (Å²) in [5.41, 5.74) is 3.81. The molecule has 0 saturated heterocycles. The summed E-state index contributed by atoms with van der Waals surface area (Å²) in [4.78, 5) is 42.3. The molecule has 0 fully saturated rings. The van der Waals surface area contributed by atoms with E-state index in [2.05, 4.69) is 18.0 Å².